The van der Waals surface area contributed by atoms with Gasteiger partial charge in [-0.3, -0.25) is 4.79 Å². The molecule has 23 heavy (non-hydrogen) atoms. The molecule has 2 heterocycles. The fraction of sp³-hybridized carbons (Fsp3) is 0.214. The molecule has 0 radical (unpaired) electrons. The molecule has 1 amide bonds. The number of amides is 1. The molecule has 2 rings (SSSR count). The summed E-state index contributed by atoms with van der Waals surface area (Å²) in [5.41, 5.74) is 0.678. The number of carbonyl (C=O) groups is 1. The van der Waals surface area contributed by atoms with Crippen molar-refractivity contribution in [2.75, 3.05) is 18.4 Å². The molecule has 0 aromatic carbocycles. The molecule has 9 heteroatoms. The standard InChI is InChI=1S/C14H12Cl2N6O/c15-11-8-21-14(22-12(11)16)19-5-1-4-18-13(23)9-2-3-10(6-17)20-7-9/h2-3,7-8H,1,4-5H2,(H,18,23)(H,19,21,22). The minimum Gasteiger partial charge on any atom is -0.354 e. The van der Waals surface area contributed by atoms with Crippen LogP contribution in [0, 0.1) is 11.3 Å². The van der Waals surface area contributed by atoms with E-state index >= 15 is 0 Å². The molecule has 0 unspecified atom stereocenters. The van der Waals surface area contributed by atoms with Crippen LogP contribution >= 0.6 is 23.2 Å². The van der Waals surface area contributed by atoms with Crippen molar-refractivity contribution in [3.05, 3.63) is 46.0 Å². The molecule has 0 aliphatic carbocycles. The van der Waals surface area contributed by atoms with Gasteiger partial charge in [-0.05, 0) is 18.6 Å². The largest absolute Gasteiger partial charge is 0.354 e. The first-order valence-electron chi connectivity index (χ1n) is 6.66. The highest BCUT2D eigenvalue weighted by Crippen LogP contribution is 2.18. The van der Waals surface area contributed by atoms with Gasteiger partial charge in [0.15, 0.2) is 5.15 Å². The first-order chi connectivity index (χ1) is 11.1. The second kappa shape index (κ2) is 8.27. The minimum atomic E-state index is -0.243. The van der Waals surface area contributed by atoms with Gasteiger partial charge in [-0.15, -0.1) is 0 Å². The molecule has 0 fully saturated rings. The monoisotopic (exact) mass is 350 g/mol. The second-order valence-electron chi connectivity index (χ2n) is 4.41. The maximum atomic E-state index is 11.8. The van der Waals surface area contributed by atoms with Gasteiger partial charge in [0.2, 0.25) is 5.95 Å². The number of rotatable bonds is 6. The van der Waals surface area contributed by atoms with E-state index in [-0.39, 0.29) is 16.8 Å². The summed E-state index contributed by atoms with van der Waals surface area (Å²) in [6.45, 7) is 1.02. The lowest BCUT2D eigenvalue weighted by Crippen LogP contribution is -2.26. The quantitative estimate of drug-likeness (QED) is 0.611. The molecule has 0 spiro atoms. The topological polar surface area (TPSA) is 104 Å². The van der Waals surface area contributed by atoms with E-state index in [9.17, 15) is 4.79 Å². The molecular formula is C14H12Cl2N6O. The molecule has 7 nitrogen and oxygen atoms in total. The van der Waals surface area contributed by atoms with Crippen molar-refractivity contribution in [1.82, 2.24) is 20.3 Å². The molecule has 2 aromatic heterocycles. The van der Waals surface area contributed by atoms with Crippen LogP contribution < -0.4 is 10.6 Å². The third-order valence-corrected chi connectivity index (χ3v) is 3.43. The van der Waals surface area contributed by atoms with Gasteiger partial charge in [0, 0.05) is 19.3 Å². The van der Waals surface area contributed by atoms with E-state index in [1.54, 1.807) is 6.07 Å². The molecule has 2 aromatic rings. The Bertz CT molecular complexity index is 729. The predicted octanol–water partition coefficient (Wildman–Crippen LogP) is 2.28. The summed E-state index contributed by atoms with van der Waals surface area (Å²) in [4.78, 5) is 23.6. The average molecular weight is 351 g/mol. The van der Waals surface area contributed by atoms with Crippen LogP contribution in [-0.2, 0) is 0 Å². The number of carbonyl (C=O) groups excluding carboxylic acids is 1. The maximum absolute atomic E-state index is 11.8. The molecule has 0 aliphatic rings. The van der Waals surface area contributed by atoms with Crippen molar-refractivity contribution < 1.29 is 4.79 Å². The molecule has 0 saturated carbocycles. The number of anilines is 1. The van der Waals surface area contributed by atoms with Crippen LogP contribution in [0.25, 0.3) is 0 Å². The van der Waals surface area contributed by atoms with E-state index in [1.807, 2.05) is 6.07 Å². The lowest BCUT2D eigenvalue weighted by Gasteiger charge is -2.07. The van der Waals surface area contributed by atoms with Gasteiger partial charge in [-0.2, -0.15) is 10.2 Å². The zero-order valence-corrected chi connectivity index (χ0v) is 13.4. The van der Waals surface area contributed by atoms with E-state index in [4.69, 9.17) is 28.5 Å². The van der Waals surface area contributed by atoms with E-state index in [1.165, 1.54) is 18.5 Å². The number of nitrogens with zero attached hydrogens (tertiary/aromatic N) is 4. The summed E-state index contributed by atoms with van der Waals surface area (Å²) < 4.78 is 0. The fourth-order valence-electron chi connectivity index (χ4n) is 1.62. The normalized spacial score (nSPS) is 9.96. The van der Waals surface area contributed by atoms with Crippen molar-refractivity contribution in [2.45, 2.75) is 6.42 Å². The van der Waals surface area contributed by atoms with E-state index in [0.29, 0.717) is 36.0 Å². The number of nitrogens with one attached hydrogen (secondary N) is 2. The molecule has 118 valence electrons. The zero-order valence-electron chi connectivity index (χ0n) is 11.9. The van der Waals surface area contributed by atoms with E-state index in [0.717, 1.165) is 0 Å². The third kappa shape index (κ3) is 5.06. The van der Waals surface area contributed by atoms with Gasteiger partial charge in [0.05, 0.1) is 16.8 Å². The Hall–Kier alpha value is -2.43. The molecule has 0 aliphatic heterocycles. The van der Waals surface area contributed by atoms with Gasteiger partial charge >= 0.3 is 0 Å². The first kappa shape index (κ1) is 16.9. The summed E-state index contributed by atoms with van der Waals surface area (Å²) in [5.74, 6) is 0.134. The number of aromatic nitrogens is 3. The van der Waals surface area contributed by atoms with Crippen LogP contribution in [0.4, 0.5) is 5.95 Å². The molecule has 2 N–H and O–H groups in total. The fourth-order valence-corrected chi connectivity index (χ4v) is 1.84. The van der Waals surface area contributed by atoms with Crippen molar-refractivity contribution in [3.8, 4) is 6.07 Å². The zero-order chi connectivity index (χ0) is 16.7. The van der Waals surface area contributed by atoms with Gasteiger partial charge in [0.25, 0.3) is 5.91 Å². The SMILES string of the molecule is N#Cc1ccc(C(=O)NCCCNc2ncc(Cl)c(Cl)n2)cn1. The Kier molecular flexibility index (Phi) is 6.09. The van der Waals surface area contributed by atoms with E-state index in [2.05, 4.69) is 25.6 Å². The number of pyridine rings is 1. The average Bonchev–Trinajstić information content (AvgIpc) is 2.57. The smallest absolute Gasteiger partial charge is 0.252 e. The molecule has 0 bridgehead atoms. The van der Waals surface area contributed by atoms with Crippen molar-refractivity contribution >= 4 is 35.1 Å². The van der Waals surface area contributed by atoms with Gasteiger partial charge in [0.1, 0.15) is 11.8 Å². The Labute approximate surface area is 142 Å². The summed E-state index contributed by atoms with van der Waals surface area (Å²) in [6, 6.07) is 4.95. The summed E-state index contributed by atoms with van der Waals surface area (Å²) in [5, 5.41) is 14.9. The van der Waals surface area contributed by atoms with Gasteiger partial charge < -0.3 is 10.6 Å². The molecule has 0 saturated heterocycles. The van der Waals surface area contributed by atoms with Crippen LogP contribution in [0.1, 0.15) is 22.5 Å². The Morgan fingerprint density at radius 3 is 2.70 bits per heavy atom. The Morgan fingerprint density at radius 1 is 1.22 bits per heavy atom. The predicted molar refractivity (Wildman–Crippen MR) is 86.4 cm³/mol. The van der Waals surface area contributed by atoms with Crippen molar-refractivity contribution in [3.63, 3.8) is 0 Å². The summed E-state index contributed by atoms with van der Waals surface area (Å²) in [7, 11) is 0. The number of hydrogen-bond acceptors (Lipinski definition) is 6. The second-order valence-corrected chi connectivity index (χ2v) is 5.18. The first-order valence-corrected chi connectivity index (χ1v) is 7.42. The maximum Gasteiger partial charge on any atom is 0.252 e. The Morgan fingerprint density at radius 2 is 2.04 bits per heavy atom. The third-order valence-electron chi connectivity index (χ3n) is 2.76. The van der Waals surface area contributed by atoms with Crippen LogP contribution in [0.3, 0.4) is 0 Å². The van der Waals surface area contributed by atoms with Gasteiger partial charge in [-0.1, -0.05) is 23.2 Å². The van der Waals surface area contributed by atoms with Crippen LogP contribution in [0.15, 0.2) is 24.5 Å². The van der Waals surface area contributed by atoms with Crippen molar-refractivity contribution in [2.24, 2.45) is 0 Å². The van der Waals surface area contributed by atoms with E-state index < -0.39 is 0 Å². The lowest BCUT2D eigenvalue weighted by molar-refractivity contribution is 0.0953. The van der Waals surface area contributed by atoms with Gasteiger partial charge in [-0.25, -0.2) is 9.97 Å². The van der Waals surface area contributed by atoms with Crippen molar-refractivity contribution in [1.29, 1.82) is 5.26 Å². The highest BCUT2D eigenvalue weighted by atomic mass is 35.5. The molecule has 0 atom stereocenters. The highest BCUT2D eigenvalue weighted by Gasteiger charge is 2.06. The number of hydrogen-bond donors (Lipinski definition) is 2. The van der Waals surface area contributed by atoms with Crippen LogP contribution in [0.5, 0.6) is 0 Å². The van der Waals surface area contributed by atoms with Crippen LogP contribution in [-0.4, -0.2) is 33.9 Å². The summed E-state index contributed by atoms with van der Waals surface area (Å²) in [6.07, 6.45) is 3.45. The number of nitriles is 1. The summed E-state index contributed by atoms with van der Waals surface area (Å²) >= 11 is 11.5. The highest BCUT2D eigenvalue weighted by molar-refractivity contribution is 6.41. The minimum absolute atomic E-state index is 0.186. The molecular weight excluding hydrogens is 339 g/mol. The number of halogens is 2. The van der Waals surface area contributed by atoms with Crippen LogP contribution in [0.2, 0.25) is 10.2 Å². The Balaban J connectivity index is 1.71. The lowest BCUT2D eigenvalue weighted by atomic mass is 10.2.